The average Bonchev–Trinajstić information content (AvgIpc) is 2.73. The molecule has 0 bridgehead atoms. The van der Waals surface area contributed by atoms with Crippen LogP contribution in [0.4, 0.5) is 0 Å². The molecule has 2 aliphatic carbocycles. The highest BCUT2D eigenvalue weighted by molar-refractivity contribution is 5.98. The lowest BCUT2D eigenvalue weighted by atomic mass is 9.92. The minimum atomic E-state index is 0.279. The first-order valence-electron chi connectivity index (χ1n) is 6.73. The average molecular weight is 228 g/mol. The van der Waals surface area contributed by atoms with Gasteiger partial charge in [0.15, 0.2) is 5.78 Å². The fourth-order valence-electron chi connectivity index (χ4n) is 3.74. The molecule has 2 atom stereocenters. The van der Waals surface area contributed by atoms with Crippen LogP contribution in [-0.2, 0) is 25.7 Å². The minimum Gasteiger partial charge on any atom is -0.294 e. The first kappa shape index (κ1) is 11.0. The van der Waals surface area contributed by atoms with Crippen LogP contribution in [-0.4, -0.2) is 5.78 Å². The van der Waals surface area contributed by atoms with E-state index < -0.39 is 0 Å². The normalized spacial score (nSPS) is 25.8. The Morgan fingerprint density at radius 3 is 1.88 bits per heavy atom. The summed E-state index contributed by atoms with van der Waals surface area (Å²) in [5.41, 5.74) is 6.74. The molecular formula is C16H20O. The van der Waals surface area contributed by atoms with Gasteiger partial charge >= 0.3 is 0 Å². The molecule has 0 radical (unpaired) electrons. The SMILES string of the molecule is CC(=O)c1c2c(cc3c1CC(C)C3)CC(C)C2. The van der Waals surface area contributed by atoms with Crippen LogP contribution >= 0.6 is 0 Å². The van der Waals surface area contributed by atoms with Gasteiger partial charge in [-0.05, 0) is 66.7 Å². The molecule has 0 fully saturated rings. The fraction of sp³-hybridized carbons (Fsp3) is 0.562. The molecule has 90 valence electrons. The summed E-state index contributed by atoms with van der Waals surface area (Å²) in [5.74, 6) is 1.70. The van der Waals surface area contributed by atoms with Crippen LogP contribution in [0, 0.1) is 11.8 Å². The van der Waals surface area contributed by atoms with Gasteiger partial charge in [0, 0.05) is 5.56 Å². The van der Waals surface area contributed by atoms with Gasteiger partial charge in [0.05, 0.1) is 0 Å². The zero-order valence-corrected chi connectivity index (χ0v) is 11.0. The van der Waals surface area contributed by atoms with E-state index in [1.165, 1.54) is 22.3 Å². The molecule has 0 saturated heterocycles. The molecular weight excluding hydrogens is 208 g/mol. The molecule has 2 aliphatic rings. The molecule has 3 rings (SSSR count). The van der Waals surface area contributed by atoms with E-state index in [1.54, 1.807) is 6.92 Å². The lowest BCUT2D eigenvalue weighted by Gasteiger charge is -2.12. The van der Waals surface area contributed by atoms with Gasteiger partial charge in [0.2, 0.25) is 0 Å². The number of fused-ring (bicyclic) bond motifs is 2. The van der Waals surface area contributed by atoms with Crippen LogP contribution in [0.2, 0.25) is 0 Å². The molecule has 0 amide bonds. The summed E-state index contributed by atoms with van der Waals surface area (Å²) < 4.78 is 0. The molecule has 0 aromatic heterocycles. The zero-order valence-electron chi connectivity index (χ0n) is 11.0. The topological polar surface area (TPSA) is 17.1 Å². The van der Waals surface area contributed by atoms with Crippen molar-refractivity contribution < 1.29 is 4.79 Å². The summed E-state index contributed by atoms with van der Waals surface area (Å²) in [6.07, 6.45) is 4.53. The van der Waals surface area contributed by atoms with E-state index in [-0.39, 0.29) is 5.78 Å². The van der Waals surface area contributed by atoms with Crippen molar-refractivity contribution in [3.8, 4) is 0 Å². The van der Waals surface area contributed by atoms with Crippen molar-refractivity contribution in [2.75, 3.05) is 0 Å². The molecule has 0 heterocycles. The highest BCUT2D eigenvalue weighted by Gasteiger charge is 2.30. The third kappa shape index (κ3) is 1.64. The first-order chi connectivity index (χ1) is 8.06. The third-order valence-corrected chi connectivity index (χ3v) is 4.32. The predicted molar refractivity (Wildman–Crippen MR) is 69.6 cm³/mol. The van der Waals surface area contributed by atoms with Gasteiger partial charge in [-0.25, -0.2) is 0 Å². The Hall–Kier alpha value is -1.11. The number of benzene rings is 1. The van der Waals surface area contributed by atoms with Crippen LogP contribution < -0.4 is 0 Å². The summed E-state index contributed by atoms with van der Waals surface area (Å²) in [6, 6.07) is 2.39. The van der Waals surface area contributed by atoms with Crippen LogP contribution in [0.5, 0.6) is 0 Å². The Labute approximate surface area is 103 Å². The van der Waals surface area contributed by atoms with Gasteiger partial charge in [0.1, 0.15) is 0 Å². The van der Waals surface area contributed by atoms with E-state index in [2.05, 4.69) is 19.9 Å². The number of rotatable bonds is 1. The molecule has 1 heteroatoms. The Morgan fingerprint density at radius 1 is 1.00 bits per heavy atom. The summed E-state index contributed by atoms with van der Waals surface area (Å²) in [4.78, 5) is 12.0. The molecule has 0 saturated carbocycles. The van der Waals surface area contributed by atoms with Gasteiger partial charge in [0.25, 0.3) is 0 Å². The smallest absolute Gasteiger partial charge is 0.160 e. The van der Waals surface area contributed by atoms with Gasteiger partial charge in [-0.3, -0.25) is 4.79 Å². The maximum atomic E-state index is 12.0. The maximum absolute atomic E-state index is 12.0. The second-order valence-electron chi connectivity index (χ2n) is 6.11. The highest BCUT2D eigenvalue weighted by Crippen LogP contribution is 2.38. The zero-order chi connectivity index (χ0) is 12.2. The molecule has 0 N–H and O–H groups in total. The number of hydrogen-bond donors (Lipinski definition) is 0. The Kier molecular flexibility index (Phi) is 2.39. The number of carbonyl (C=O) groups excluding carboxylic acids is 1. The summed E-state index contributed by atoms with van der Waals surface area (Å²) in [6.45, 7) is 6.32. The minimum absolute atomic E-state index is 0.279. The van der Waals surface area contributed by atoms with Crippen molar-refractivity contribution in [1.82, 2.24) is 0 Å². The molecule has 2 unspecified atom stereocenters. The lowest BCUT2D eigenvalue weighted by molar-refractivity contribution is 0.101. The number of hydrogen-bond acceptors (Lipinski definition) is 1. The largest absolute Gasteiger partial charge is 0.294 e. The predicted octanol–water partition coefficient (Wildman–Crippen LogP) is 3.36. The van der Waals surface area contributed by atoms with Gasteiger partial charge in [-0.15, -0.1) is 0 Å². The summed E-state index contributed by atoms with van der Waals surface area (Å²) in [7, 11) is 0. The Morgan fingerprint density at radius 2 is 1.47 bits per heavy atom. The standard InChI is InChI=1S/C16H20O/c1-9-4-12-8-13-5-10(2)7-15(13)16(11(3)17)14(12)6-9/h8-10H,4-7H2,1-3H3. The van der Waals surface area contributed by atoms with E-state index in [0.29, 0.717) is 11.8 Å². The van der Waals surface area contributed by atoms with Crippen molar-refractivity contribution in [3.63, 3.8) is 0 Å². The van der Waals surface area contributed by atoms with Crippen molar-refractivity contribution in [2.45, 2.75) is 46.5 Å². The second-order valence-corrected chi connectivity index (χ2v) is 6.11. The van der Waals surface area contributed by atoms with E-state index in [1.807, 2.05) is 0 Å². The van der Waals surface area contributed by atoms with Crippen LogP contribution in [0.25, 0.3) is 0 Å². The van der Waals surface area contributed by atoms with E-state index in [4.69, 9.17) is 0 Å². The molecule has 0 aliphatic heterocycles. The van der Waals surface area contributed by atoms with Gasteiger partial charge < -0.3 is 0 Å². The van der Waals surface area contributed by atoms with Crippen molar-refractivity contribution in [3.05, 3.63) is 33.9 Å². The number of Topliss-reactive ketones (excluding diaryl/α,β-unsaturated/α-hetero) is 1. The summed E-state index contributed by atoms with van der Waals surface area (Å²) in [5, 5.41) is 0. The van der Waals surface area contributed by atoms with Gasteiger partial charge in [-0.2, -0.15) is 0 Å². The summed E-state index contributed by atoms with van der Waals surface area (Å²) >= 11 is 0. The first-order valence-corrected chi connectivity index (χ1v) is 6.73. The van der Waals surface area contributed by atoms with Crippen LogP contribution in [0.15, 0.2) is 6.07 Å². The maximum Gasteiger partial charge on any atom is 0.160 e. The molecule has 1 nitrogen and oxygen atoms in total. The number of ketones is 1. The Balaban J connectivity index is 2.21. The van der Waals surface area contributed by atoms with E-state index in [0.717, 1.165) is 31.2 Å². The third-order valence-electron chi connectivity index (χ3n) is 4.32. The highest BCUT2D eigenvalue weighted by atomic mass is 16.1. The Bertz CT molecular complexity index is 462. The molecule has 1 aromatic carbocycles. The molecule has 17 heavy (non-hydrogen) atoms. The molecule has 0 spiro atoms. The van der Waals surface area contributed by atoms with Crippen molar-refractivity contribution in [2.24, 2.45) is 11.8 Å². The van der Waals surface area contributed by atoms with E-state index in [9.17, 15) is 4.79 Å². The van der Waals surface area contributed by atoms with E-state index >= 15 is 0 Å². The number of carbonyl (C=O) groups is 1. The monoisotopic (exact) mass is 228 g/mol. The van der Waals surface area contributed by atoms with Crippen LogP contribution in [0.1, 0.15) is 53.4 Å². The van der Waals surface area contributed by atoms with Crippen molar-refractivity contribution >= 4 is 5.78 Å². The quantitative estimate of drug-likeness (QED) is 0.674. The van der Waals surface area contributed by atoms with Crippen LogP contribution in [0.3, 0.4) is 0 Å². The second kappa shape index (κ2) is 3.69. The van der Waals surface area contributed by atoms with Crippen molar-refractivity contribution in [1.29, 1.82) is 0 Å². The fourth-order valence-corrected chi connectivity index (χ4v) is 3.74. The lowest BCUT2D eigenvalue weighted by Crippen LogP contribution is -2.06. The van der Waals surface area contributed by atoms with Gasteiger partial charge in [-0.1, -0.05) is 19.9 Å². The molecule has 1 aromatic rings.